The van der Waals surface area contributed by atoms with Crippen molar-refractivity contribution in [2.75, 3.05) is 0 Å². The molecule has 1 unspecified atom stereocenters. The minimum Gasteiger partial charge on any atom is -0.487 e. The Morgan fingerprint density at radius 2 is 1.82 bits per heavy atom. The number of hydrogen-bond donors (Lipinski definition) is 1. The lowest BCUT2D eigenvalue weighted by molar-refractivity contribution is -0.0608. The van der Waals surface area contributed by atoms with E-state index >= 15 is 0 Å². The standard InChI is InChI=1S/C23H30N2O2Si/c1-16(2)22(3,4)23(5,27-28-6)20-13-18-12-19(14-24-21(18)25-20)26-15-17-10-8-7-9-11-17/h7-14,16H,15H2,1-6H3,(H,24,25). The molecule has 3 rings (SSSR count). The van der Waals surface area contributed by atoms with Crippen molar-refractivity contribution in [3.8, 4) is 5.75 Å². The molecule has 1 aromatic carbocycles. The Hall–Kier alpha value is -2.11. The monoisotopic (exact) mass is 394 g/mol. The number of nitrogens with one attached hydrogen (secondary N) is 1. The van der Waals surface area contributed by atoms with Crippen LogP contribution in [0.25, 0.3) is 11.0 Å². The molecule has 3 aromatic rings. The molecule has 0 fully saturated rings. The third-order valence-corrected chi connectivity index (χ3v) is 6.80. The number of fused-ring (bicyclic) bond motifs is 1. The zero-order chi connectivity index (χ0) is 20.4. The Labute approximate surface area is 170 Å². The normalized spacial score (nSPS) is 14.4. The van der Waals surface area contributed by atoms with Crippen LogP contribution in [0.3, 0.4) is 0 Å². The van der Waals surface area contributed by atoms with Gasteiger partial charge in [-0.25, -0.2) is 4.98 Å². The molecule has 5 heteroatoms. The second kappa shape index (κ2) is 8.09. The molecule has 28 heavy (non-hydrogen) atoms. The van der Waals surface area contributed by atoms with Crippen LogP contribution in [0.4, 0.5) is 0 Å². The Kier molecular flexibility index (Phi) is 5.96. The number of hydrogen-bond acceptors (Lipinski definition) is 3. The van der Waals surface area contributed by atoms with Crippen molar-refractivity contribution >= 4 is 20.8 Å². The number of ether oxygens (including phenoxy) is 1. The molecule has 2 aromatic heterocycles. The first-order chi connectivity index (χ1) is 13.3. The smallest absolute Gasteiger partial charge is 0.227 e. The Balaban J connectivity index is 1.90. The lowest BCUT2D eigenvalue weighted by atomic mass is 9.67. The van der Waals surface area contributed by atoms with Crippen LogP contribution in [-0.2, 0) is 16.6 Å². The molecule has 2 radical (unpaired) electrons. The van der Waals surface area contributed by atoms with Gasteiger partial charge in [0.25, 0.3) is 0 Å². The van der Waals surface area contributed by atoms with Crippen molar-refractivity contribution in [1.29, 1.82) is 0 Å². The number of aromatic nitrogens is 2. The van der Waals surface area contributed by atoms with Gasteiger partial charge in [0.05, 0.1) is 11.8 Å². The average molecular weight is 395 g/mol. The quantitative estimate of drug-likeness (QED) is 0.497. The molecule has 0 spiro atoms. The summed E-state index contributed by atoms with van der Waals surface area (Å²) in [7, 11) is 0.404. The fourth-order valence-electron chi connectivity index (χ4n) is 3.36. The van der Waals surface area contributed by atoms with Crippen LogP contribution in [-0.4, -0.2) is 19.7 Å². The van der Waals surface area contributed by atoms with Gasteiger partial charge in [0.1, 0.15) is 18.0 Å². The van der Waals surface area contributed by atoms with Gasteiger partial charge in [-0.3, -0.25) is 0 Å². The Bertz CT molecular complexity index is 921. The summed E-state index contributed by atoms with van der Waals surface area (Å²) >= 11 is 0. The minimum absolute atomic E-state index is 0.0521. The summed E-state index contributed by atoms with van der Waals surface area (Å²) in [6.07, 6.45) is 1.78. The molecule has 2 heterocycles. The highest BCUT2D eigenvalue weighted by atomic mass is 28.2. The first-order valence-electron chi connectivity index (χ1n) is 9.78. The fourth-order valence-corrected chi connectivity index (χ4v) is 4.14. The van der Waals surface area contributed by atoms with E-state index in [-0.39, 0.29) is 5.41 Å². The van der Waals surface area contributed by atoms with Crippen LogP contribution in [0.15, 0.2) is 48.7 Å². The molecule has 148 valence electrons. The summed E-state index contributed by atoms with van der Waals surface area (Å²) in [6, 6.07) is 14.4. The highest BCUT2D eigenvalue weighted by Gasteiger charge is 2.46. The van der Waals surface area contributed by atoms with Crippen LogP contribution in [0.5, 0.6) is 5.75 Å². The van der Waals surface area contributed by atoms with Crippen LogP contribution >= 0.6 is 0 Å². The molecule has 4 nitrogen and oxygen atoms in total. The average Bonchev–Trinajstić information content (AvgIpc) is 3.11. The predicted octanol–water partition coefficient (Wildman–Crippen LogP) is 5.72. The number of H-pyrrole nitrogens is 1. The van der Waals surface area contributed by atoms with E-state index in [9.17, 15) is 0 Å². The molecular formula is C23H30N2O2Si. The van der Waals surface area contributed by atoms with E-state index in [1.807, 2.05) is 24.3 Å². The highest BCUT2D eigenvalue weighted by molar-refractivity contribution is 6.25. The van der Waals surface area contributed by atoms with E-state index in [4.69, 9.17) is 9.16 Å². The SMILES string of the molecule is C[Si]OC(C)(c1cc2cc(OCc3ccccc3)cnc2[nH]1)C(C)(C)C(C)C. The molecule has 0 saturated carbocycles. The van der Waals surface area contributed by atoms with Gasteiger partial charge in [0.15, 0.2) is 0 Å². The summed E-state index contributed by atoms with van der Waals surface area (Å²) in [5, 5.41) is 1.04. The summed E-state index contributed by atoms with van der Waals surface area (Å²) in [4.78, 5) is 8.08. The van der Waals surface area contributed by atoms with Crippen LogP contribution in [0.2, 0.25) is 6.55 Å². The molecule has 0 amide bonds. The zero-order valence-electron chi connectivity index (χ0n) is 17.7. The topological polar surface area (TPSA) is 47.1 Å². The first kappa shape index (κ1) is 20.6. The van der Waals surface area contributed by atoms with Gasteiger partial charge in [0, 0.05) is 16.5 Å². The molecule has 0 aliphatic carbocycles. The van der Waals surface area contributed by atoms with Crippen molar-refractivity contribution < 1.29 is 9.16 Å². The van der Waals surface area contributed by atoms with Crippen molar-refractivity contribution in [1.82, 2.24) is 9.97 Å². The molecule has 1 N–H and O–H groups in total. The van der Waals surface area contributed by atoms with Gasteiger partial charge in [-0.2, -0.15) is 0 Å². The molecule has 0 saturated heterocycles. The van der Waals surface area contributed by atoms with Crippen LogP contribution in [0, 0.1) is 11.3 Å². The van der Waals surface area contributed by atoms with Crippen molar-refractivity contribution in [2.45, 2.75) is 53.4 Å². The third kappa shape index (κ3) is 3.87. The summed E-state index contributed by atoms with van der Waals surface area (Å²) in [6.45, 7) is 13.8. The maximum Gasteiger partial charge on any atom is 0.227 e. The molecular weight excluding hydrogens is 364 g/mol. The number of aromatic amines is 1. The van der Waals surface area contributed by atoms with Crippen molar-refractivity contribution in [2.24, 2.45) is 11.3 Å². The van der Waals surface area contributed by atoms with Crippen LogP contribution < -0.4 is 4.74 Å². The van der Waals surface area contributed by atoms with Gasteiger partial charge in [-0.15, -0.1) is 0 Å². The number of pyridine rings is 1. The number of benzene rings is 1. The second-order valence-electron chi connectivity index (χ2n) is 8.28. The molecule has 0 bridgehead atoms. The largest absolute Gasteiger partial charge is 0.487 e. The Morgan fingerprint density at radius 1 is 1.11 bits per heavy atom. The maximum absolute atomic E-state index is 6.34. The van der Waals surface area contributed by atoms with E-state index in [0.717, 1.165) is 28.0 Å². The molecule has 0 aliphatic heterocycles. The van der Waals surface area contributed by atoms with Gasteiger partial charge >= 0.3 is 0 Å². The predicted molar refractivity (Wildman–Crippen MR) is 116 cm³/mol. The number of nitrogens with zero attached hydrogens (tertiary/aromatic N) is 1. The lowest BCUT2D eigenvalue weighted by Crippen LogP contribution is -2.46. The van der Waals surface area contributed by atoms with Crippen LogP contribution in [0.1, 0.15) is 45.9 Å². The Morgan fingerprint density at radius 3 is 2.46 bits per heavy atom. The van der Waals surface area contributed by atoms with Gasteiger partial charge in [-0.1, -0.05) is 58.0 Å². The zero-order valence-corrected chi connectivity index (χ0v) is 18.7. The fraction of sp³-hybridized carbons (Fsp3) is 0.435. The second-order valence-corrected chi connectivity index (χ2v) is 8.89. The number of rotatable bonds is 8. The van der Waals surface area contributed by atoms with Crippen molar-refractivity contribution in [3.05, 3.63) is 59.9 Å². The van der Waals surface area contributed by atoms with E-state index in [2.05, 4.69) is 69.3 Å². The van der Waals surface area contributed by atoms with Crippen molar-refractivity contribution in [3.63, 3.8) is 0 Å². The van der Waals surface area contributed by atoms with Gasteiger partial charge in [0.2, 0.25) is 9.76 Å². The van der Waals surface area contributed by atoms with E-state index in [0.29, 0.717) is 22.3 Å². The minimum atomic E-state index is -0.430. The summed E-state index contributed by atoms with van der Waals surface area (Å²) in [5.41, 5.74) is 2.57. The third-order valence-electron chi connectivity index (χ3n) is 6.19. The van der Waals surface area contributed by atoms with E-state index < -0.39 is 5.60 Å². The molecule has 1 atom stereocenters. The highest BCUT2D eigenvalue weighted by Crippen LogP contribution is 2.47. The van der Waals surface area contributed by atoms with Gasteiger partial charge < -0.3 is 14.1 Å². The molecule has 0 aliphatic rings. The lowest BCUT2D eigenvalue weighted by Gasteiger charge is -2.46. The van der Waals surface area contributed by atoms with E-state index in [1.54, 1.807) is 6.20 Å². The van der Waals surface area contributed by atoms with E-state index in [1.165, 1.54) is 0 Å². The maximum atomic E-state index is 6.34. The van der Waals surface area contributed by atoms with Gasteiger partial charge in [-0.05, 0) is 37.1 Å². The first-order valence-corrected chi connectivity index (χ1v) is 11.2. The summed E-state index contributed by atoms with van der Waals surface area (Å²) in [5.74, 6) is 1.22. The summed E-state index contributed by atoms with van der Waals surface area (Å²) < 4.78 is 12.3.